The molecule has 1 aromatic carbocycles. The van der Waals surface area contributed by atoms with Crippen LogP contribution in [-0.4, -0.2) is 50.3 Å². The van der Waals surface area contributed by atoms with Crippen molar-refractivity contribution in [3.8, 4) is 5.75 Å². The zero-order valence-corrected chi connectivity index (χ0v) is 15.2. The third kappa shape index (κ3) is 5.72. The van der Waals surface area contributed by atoms with Crippen molar-refractivity contribution in [3.63, 3.8) is 0 Å². The summed E-state index contributed by atoms with van der Waals surface area (Å²) in [6.07, 6.45) is 4.77. The Balaban J connectivity index is 1.38. The van der Waals surface area contributed by atoms with Crippen LogP contribution >= 0.6 is 0 Å². The lowest BCUT2D eigenvalue weighted by Gasteiger charge is -2.32. The summed E-state index contributed by atoms with van der Waals surface area (Å²) in [5.41, 5.74) is 1.29. The summed E-state index contributed by atoms with van der Waals surface area (Å²) in [5, 5.41) is 3.18. The molecule has 5 heteroatoms. The van der Waals surface area contributed by atoms with Crippen molar-refractivity contribution in [1.82, 2.24) is 10.2 Å². The van der Waals surface area contributed by atoms with Gasteiger partial charge in [0, 0.05) is 32.2 Å². The minimum Gasteiger partial charge on any atom is -0.497 e. The molecule has 25 heavy (non-hydrogen) atoms. The Hall–Kier alpha value is -1.59. The van der Waals surface area contributed by atoms with E-state index in [1.165, 1.54) is 5.56 Å². The van der Waals surface area contributed by atoms with Gasteiger partial charge in [-0.05, 0) is 62.4 Å². The highest BCUT2D eigenvalue weighted by molar-refractivity contribution is 5.76. The third-order valence-electron chi connectivity index (χ3n) is 5.31. The quantitative estimate of drug-likeness (QED) is 0.860. The van der Waals surface area contributed by atoms with E-state index in [1.807, 2.05) is 12.1 Å². The monoisotopic (exact) mass is 346 g/mol. The molecule has 0 atom stereocenters. The number of methoxy groups -OCH3 is 1. The van der Waals surface area contributed by atoms with Gasteiger partial charge in [-0.15, -0.1) is 0 Å². The zero-order valence-electron chi connectivity index (χ0n) is 15.2. The summed E-state index contributed by atoms with van der Waals surface area (Å²) in [7, 11) is 1.70. The second-order valence-corrected chi connectivity index (χ2v) is 7.23. The Kier molecular flexibility index (Phi) is 6.70. The van der Waals surface area contributed by atoms with E-state index in [0.29, 0.717) is 18.4 Å². The molecule has 1 aromatic rings. The van der Waals surface area contributed by atoms with Crippen LogP contribution in [0.3, 0.4) is 0 Å². The van der Waals surface area contributed by atoms with Gasteiger partial charge < -0.3 is 14.8 Å². The molecule has 0 aromatic heterocycles. The smallest absolute Gasteiger partial charge is 0.220 e. The first-order valence-corrected chi connectivity index (χ1v) is 9.45. The van der Waals surface area contributed by atoms with Crippen LogP contribution in [0.5, 0.6) is 5.75 Å². The molecular weight excluding hydrogens is 316 g/mol. The van der Waals surface area contributed by atoms with Crippen LogP contribution < -0.4 is 10.1 Å². The first-order chi connectivity index (χ1) is 12.2. The summed E-state index contributed by atoms with van der Waals surface area (Å²) < 4.78 is 10.6. The number of nitrogens with one attached hydrogen (secondary N) is 1. The molecular formula is C20H30N2O3. The van der Waals surface area contributed by atoms with Gasteiger partial charge in [-0.3, -0.25) is 9.69 Å². The fourth-order valence-corrected chi connectivity index (χ4v) is 3.77. The number of hydrogen-bond acceptors (Lipinski definition) is 4. The lowest BCUT2D eigenvalue weighted by Crippen LogP contribution is -2.41. The number of benzene rings is 1. The molecule has 2 saturated heterocycles. The van der Waals surface area contributed by atoms with Gasteiger partial charge in [0.1, 0.15) is 5.75 Å². The van der Waals surface area contributed by atoms with E-state index >= 15 is 0 Å². The zero-order chi connectivity index (χ0) is 17.5. The van der Waals surface area contributed by atoms with Crippen molar-refractivity contribution >= 4 is 5.91 Å². The van der Waals surface area contributed by atoms with Gasteiger partial charge in [-0.25, -0.2) is 0 Å². The maximum Gasteiger partial charge on any atom is 0.220 e. The minimum absolute atomic E-state index is 0.221. The number of carbonyl (C=O) groups is 1. The minimum atomic E-state index is 0.221. The van der Waals surface area contributed by atoms with E-state index in [2.05, 4.69) is 22.3 Å². The maximum absolute atomic E-state index is 12.2. The van der Waals surface area contributed by atoms with Gasteiger partial charge in [0.25, 0.3) is 0 Å². The van der Waals surface area contributed by atoms with Crippen molar-refractivity contribution in [2.75, 3.05) is 33.4 Å². The van der Waals surface area contributed by atoms with Gasteiger partial charge in [0.15, 0.2) is 0 Å². The summed E-state index contributed by atoms with van der Waals surface area (Å²) >= 11 is 0. The molecule has 0 bridgehead atoms. The van der Waals surface area contributed by atoms with Crippen LogP contribution in [0.4, 0.5) is 0 Å². The molecule has 1 N–H and O–H groups in total. The first-order valence-electron chi connectivity index (χ1n) is 9.45. The summed E-state index contributed by atoms with van der Waals surface area (Å²) in [4.78, 5) is 14.7. The molecule has 0 aliphatic carbocycles. The molecule has 0 saturated carbocycles. The molecule has 3 rings (SSSR count). The van der Waals surface area contributed by atoms with E-state index < -0.39 is 0 Å². The Morgan fingerprint density at radius 2 is 2.00 bits per heavy atom. The summed E-state index contributed by atoms with van der Waals surface area (Å²) in [6.45, 7) is 4.62. The molecule has 2 fully saturated rings. The number of rotatable bonds is 6. The normalized spacial score (nSPS) is 20.4. The Morgan fingerprint density at radius 1 is 1.24 bits per heavy atom. The average molecular weight is 346 g/mol. The first kappa shape index (κ1) is 18.2. The van der Waals surface area contributed by atoms with Crippen LogP contribution in [-0.2, 0) is 16.1 Å². The molecule has 2 heterocycles. The van der Waals surface area contributed by atoms with Gasteiger partial charge in [0.05, 0.1) is 7.11 Å². The lowest BCUT2D eigenvalue weighted by atomic mass is 9.92. The number of ether oxygens (including phenoxy) is 2. The number of piperidine rings is 1. The maximum atomic E-state index is 12.2. The summed E-state index contributed by atoms with van der Waals surface area (Å²) in [5.74, 6) is 1.65. The molecule has 0 radical (unpaired) electrons. The van der Waals surface area contributed by atoms with E-state index in [4.69, 9.17) is 9.47 Å². The fraction of sp³-hybridized carbons (Fsp3) is 0.650. The molecule has 138 valence electrons. The predicted octanol–water partition coefficient (Wildman–Crippen LogP) is 2.59. The molecule has 0 spiro atoms. The Labute approximate surface area is 150 Å². The highest BCUT2D eigenvalue weighted by Crippen LogP contribution is 2.23. The third-order valence-corrected chi connectivity index (χ3v) is 5.31. The number of amides is 1. The van der Waals surface area contributed by atoms with Crippen molar-refractivity contribution < 1.29 is 14.3 Å². The number of likely N-dealkylation sites (tertiary alicyclic amines) is 1. The number of carbonyl (C=O) groups excluding carboxylic acids is 1. The Morgan fingerprint density at radius 3 is 2.72 bits per heavy atom. The highest BCUT2D eigenvalue weighted by atomic mass is 16.5. The van der Waals surface area contributed by atoms with Gasteiger partial charge in [-0.2, -0.15) is 0 Å². The molecule has 0 unspecified atom stereocenters. The van der Waals surface area contributed by atoms with Gasteiger partial charge in [0.2, 0.25) is 5.91 Å². The SMILES string of the molecule is COc1cccc(CN2CCC(CC(=O)NC3CCOCC3)CC2)c1. The van der Waals surface area contributed by atoms with Crippen LogP contribution in [0.15, 0.2) is 24.3 Å². The predicted molar refractivity (Wildman–Crippen MR) is 97.6 cm³/mol. The number of nitrogens with zero attached hydrogens (tertiary/aromatic N) is 1. The fourth-order valence-electron chi connectivity index (χ4n) is 3.77. The van der Waals surface area contributed by atoms with Crippen LogP contribution in [0.2, 0.25) is 0 Å². The van der Waals surface area contributed by atoms with Crippen molar-refractivity contribution in [1.29, 1.82) is 0 Å². The van der Waals surface area contributed by atoms with E-state index in [1.54, 1.807) is 7.11 Å². The van der Waals surface area contributed by atoms with Crippen molar-refractivity contribution in [2.45, 2.75) is 44.7 Å². The molecule has 5 nitrogen and oxygen atoms in total. The average Bonchev–Trinajstić information content (AvgIpc) is 2.64. The summed E-state index contributed by atoms with van der Waals surface area (Å²) in [6, 6.07) is 8.59. The van der Waals surface area contributed by atoms with Crippen molar-refractivity contribution in [3.05, 3.63) is 29.8 Å². The van der Waals surface area contributed by atoms with Crippen LogP contribution in [0.25, 0.3) is 0 Å². The standard InChI is InChI=1S/C20H30N2O3/c1-24-19-4-2-3-17(13-19)15-22-9-5-16(6-10-22)14-20(23)21-18-7-11-25-12-8-18/h2-4,13,16,18H,5-12,14-15H2,1H3,(H,21,23). The second kappa shape index (κ2) is 9.20. The highest BCUT2D eigenvalue weighted by Gasteiger charge is 2.23. The largest absolute Gasteiger partial charge is 0.497 e. The van der Waals surface area contributed by atoms with Crippen LogP contribution in [0, 0.1) is 5.92 Å². The van der Waals surface area contributed by atoms with E-state index in [9.17, 15) is 4.79 Å². The molecule has 2 aliphatic rings. The second-order valence-electron chi connectivity index (χ2n) is 7.23. The lowest BCUT2D eigenvalue weighted by molar-refractivity contribution is -0.123. The molecule has 1 amide bonds. The van der Waals surface area contributed by atoms with E-state index in [0.717, 1.165) is 64.3 Å². The Bertz CT molecular complexity index is 550. The van der Waals surface area contributed by atoms with Crippen molar-refractivity contribution in [2.24, 2.45) is 5.92 Å². The number of hydrogen-bond donors (Lipinski definition) is 1. The topological polar surface area (TPSA) is 50.8 Å². The van der Waals surface area contributed by atoms with Crippen LogP contribution in [0.1, 0.15) is 37.7 Å². The van der Waals surface area contributed by atoms with Gasteiger partial charge in [-0.1, -0.05) is 12.1 Å². The van der Waals surface area contributed by atoms with E-state index in [-0.39, 0.29) is 5.91 Å². The van der Waals surface area contributed by atoms with Gasteiger partial charge >= 0.3 is 0 Å². The molecule has 2 aliphatic heterocycles.